The van der Waals surface area contributed by atoms with Crippen molar-refractivity contribution in [3.63, 3.8) is 0 Å². The van der Waals surface area contributed by atoms with Crippen LogP contribution in [0.4, 0.5) is 4.39 Å². The average molecular weight is 254 g/mol. The Hall–Kier alpha value is -2.29. The quantitative estimate of drug-likeness (QED) is 0.708. The molecule has 0 saturated carbocycles. The lowest BCUT2D eigenvalue weighted by Gasteiger charge is -2.17. The summed E-state index contributed by atoms with van der Waals surface area (Å²) < 4.78 is 13.6. The van der Waals surface area contributed by atoms with Crippen molar-refractivity contribution >= 4 is 0 Å². The van der Waals surface area contributed by atoms with Gasteiger partial charge in [-0.3, -0.25) is 0 Å². The minimum Gasteiger partial charge on any atom is -0.364 e. The minimum atomic E-state index is -0.205. The first-order valence-electron chi connectivity index (χ1n) is 6.28. The van der Waals surface area contributed by atoms with Crippen LogP contribution in [0.15, 0.2) is 54.9 Å². The van der Waals surface area contributed by atoms with E-state index in [0.717, 1.165) is 22.5 Å². The molecule has 0 radical (unpaired) electrons. The first-order valence-corrected chi connectivity index (χ1v) is 6.28. The molecule has 2 nitrogen and oxygen atoms in total. The average Bonchev–Trinajstić information content (AvgIpc) is 3.07. The predicted octanol–water partition coefficient (Wildman–Crippen LogP) is 3.97. The zero-order valence-electron chi connectivity index (χ0n) is 10.7. The summed E-state index contributed by atoms with van der Waals surface area (Å²) in [6.45, 7) is 2.01. The van der Waals surface area contributed by atoms with E-state index >= 15 is 0 Å². The maximum absolute atomic E-state index is 13.6. The van der Waals surface area contributed by atoms with Crippen molar-refractivity contribution in [3.05, 3.63) is 83.2 Å². The van der Waals surface area contributed by atoms with Crippen LogP contribution in [0.25, 0.3) is 0 Å². The summed E-state index contributed by atoms with van der Waals surface area (Å²) in [5.74, 6) is -0.204. The van der Waals surface area contributed by atoms with Gasteiger partial charge in [0.2, 0.25) is 0 Å². The van der Waals surface area contributed by atoms with Crippen molar-refractivity contribution < 1.29 is 4.39 Å². The lowest BCUT2D eigenvalue weighted by molar-refractivity contribution is 0.623. The van der Waals surface area contributed by atoms with Gasteiger partial charge >= 0.3 is 0 Å². The zero-order chi connectivity index (χ0) is 13.2. The predicted molar refractivity (Wildman–Crippen MR) is 73.7 cm³/mol. The second kappa shape index (κ2) is 4.76. The van der Waals surface area contributed by atoms with Gasteiger partial charge in [0.25, 0.3) is 0 Å². The third kappa shape index (κ3) is 2.19. The van der Waals surface area contributed by atoms with Gasteiger partial charge < -0.3 is 9.97 Å². The lowest BCUT2D eigenvalue weighted by Crippen LogP contribution is -2.06. The number of halogens is 1. The molecule has 3 aromatic rings. The number of aromatic amines is 2. The summed E-state index contributed by atoms with van der Waals surface area (Å²) in [4.78, 5) is 6.46. The molecule has 0 atom stereocenters. The molecule has 2 aromatic heterocycles. The van der Waals surface area contributed by atoms with E-state index in [-0.39, 0.29) is 11.7 Å². The summed E-state index contributed by atoms with van der Waals surface area (Å²) in [5.41, 5.74) is 4.16. The standard InChI is InChI=1S/C16H15FN2/c1-11-6-7-12(17)10-13(11)16(14-4-2-8-18-14)15-5-3-9-19-15/h2-10,16,18-19H,1H3. The van der Waals surface area contributed by atoms with Crippen molar-refractivity contribution in [1.82, 2.24) is 9.97 Å². The van der Waals surface area contributed by atoms with Crippen molar-refractivity contribution in [3.8, 4) is 0 Å². The van der Waals surface area contributed by atoms with Crippen LogP contribution in [0.1, 0.15) is 28.4 Å². The van der Waals surface area contributed by atoms with Crippen LogP contribution in [0, 0.1) is 12.7 Å². The molecule has 0 fully saturated rings. The summed E-state index contributed by atoms with van der Waals surface area (Å²) in [7, 11) is 0. The monoisotopic (exact) mass is 254 g/mol. The SMILES string of the molecule is Cc1ccc(F)cc1C(c1ccc[nH]1)c1ccc[nH]1. The van der Waals surface area contributed by atoms with E-state index in [1.807, 2.05) is 49.6 Å². The number of nitrogens with one attached hydrogen (secondary N) is 2. The highest BCUT2D eigenvalue weighted by Gasteiger charge is 2.20. The molecule has 0 bridgehead atoms. The van der Waals surface area contributed by atoms with E-state index in [4.69, 9.17) is 0 Å². The number of rotatable bonds is 3. The molecule has 2 N–H and O–H groups in total. The fourth-order valence-electron chi connectivity index (χ4n) is 2.47. The highest BCUT2D eigenvalue weighted by atomic mass is 19.1. The van der Waals surface area contributed by atoms with Crippen LogP contribution in [-0.4, -0.2) is 9.97 Å². The molecular weight excluding hydrogens is 239 g/mol. The summed E-state index contributed by atoms with van der Waals surface area (Å²) in [6, 6.07) is 12.9. The molecule has 0 amide bonds. The number of benzene rings is 1. The molecule has 0 saturated heterocycles. The molecule has 19 heavy (non-hydrogen) atoms. The van der Waals surface area contributed by atoms with E-state index in [2.05, 4.69) is 9.97 Å². The Labute approximate surface area is 111 Å². The molecule has 96 valence electrons. The second-order valence-electron chi connectivity index (χ2n) is 4.68. The second-order valence-corrected chi connectivity index (χ2v) is 4.68. The fraction of sp³-hybridized carbons (Fsp3) is 0.125. The van der Waals surface area contributed by atoms with Gasteiger partial charge in [-0.1, -0.05) is 6.07 Å². The van der Waals surface area contributed by atoms with Gasteiger partial charge in [-0.05, 0) is 54.4 Å². The number of H-pyrrole nitrogens is 2. The lowest BCUT2D eigenvalue weighted by atomic mass is 9.89. The summed E-state index contributed by atoms with van der Waals surface area (Å²) >= 11 is 0. The molecule has 0 unspecified atom stereocenters. The Bertz CT molecular complexity index is 620. The van der Waals surface area contributed by atoms with Gasteiger partial charge in [-0.2, -0.15) is 0 Å². The smallest absolute Gasteiger partial charge is 0.123 e. The number of hydrogen-bond donors (Lipinski definition) is 2. The molecule has 0 aliphatic rings. The molecule has 1 aromatic carbocycles. The van der Waals surface area contributed by atoms with E-state index in [1.54, 1.807) is 6.07 Å². The zero-order valence-corrected chi connectivity index (χ0v) is 10.7. The van der Waals surface area contributed by atoms with E-state index in [9.17, 15) is 4.39 Å². The van der Waals surface area contributed by atoms with Crippen molar-refractivity contribution in [2.75, 3.05) is 0 Å². The fourth-order valence-corrected chi connectivity index (χ4v) is 2.47. The van der Waals surface area contributed by atoms with Crippen molar-refractivity contribution in [1.29, 1.82) is 0 Å². The molecule has 0 aliphatic carbocycles. The molecule has 0 spiro atoms. The third-order valence-corrected chi connectivity index (χ3v) is 3.42. The first kappa shape index (κ1) is 11.8. The Morgan fingerprint density at radius 2 is 1.58 bits per heavy atom. The van der Waals surface area contributed by atoms with Gasteiger partial charge in [0.1, 0.15) is 5.82 Å². The molecular formula is C16H15FN2. The van der Waals surface area contributed by atoms with Crippen molar-refractivity contribution in [2.24, 2.45) is 0 Å². The van der Waals surface area contributed by atoms with Crippen LogP contribution in [0.2, 0.25) is 0 Å². The van der Waals surface area contributed by atoms with E-state index < -0.39 is 0 Å². The van der Waals surface area contributed by atoms with Gasteiger partial charge in [-0.25, -0.2) is 4.39 Å². The highest BCUT2D eigenvalue weighted by molar-refractivity contribution is 5.42. The van der Waals surface area contributed by atoms with Gasteiger partial charge in [-0.15, -0.1) is 0 Å². The summed E-state index contributed by atoms with van der Waals surface area (Å²) in [5, 5.41) is 0. The third-order valence-electron chi connectivity index (χ3n) is 3.42. The minimum absolute atomic E-state index is 0.000648. The molecule has 0 aliphatic heterocycles. The Morgan fingerprint density at radius 3 is 2.11 bits per heavy atom. The molecule has 3 heteroatoms. The van der Waals surface area contributed by atoms with Gasteiger partial charge in [0.05, 0.1) is 5.92 Å². The van der Waals surface area contributed by atoms with E-state index in [0.29, 0.717) is 0 Å². The summed E-state index contributed by atoms with van der Waals surface area (Å²) in [6.07, 6.45) is 3.78. The number of aryl methyl sites for hydroxylation is 1. The van der Waals surface area contributed by atoms with Crippen molar-refractivity contribution in [2.45, 2.75) is 12.8 Å². The molecule has 3 rings (SSSR count). The largest absolute Gasteiger partial charge is 0.364 e. The van der Waals surface area contributed by atoms with Gasteiger partial charge in [0, 0.05) is 23.8 Å². The maximum atomic E-state index is 13.6. The Kier molecular flexibility index (Phi) is 2.95. The Balaban J connectivity index is 2.17. The topological polar surface area (TPSA) is 31.6 Å². The van der Waals surface area contributed by atoms with Crippen LogP contribution >= 0.6 is 0 Å². The van der Waals surface area contributed by atoms with Crippen LogP contribution in [-0.2, 0) is 0 Å². The first-order chi connectivity index (χ1) is 9.25. The Morgan fingerprint density at radius 1 is 0.947 bits per heavy atom. The van der Waals surface area contributed by atoms with Crippen LogP contribution < -0.4 is 0 Å². The van der Waals surface area contributed by atoms with Crippen LogP contribution in [0.5, 0.6) is 0 Å². The van der Waals surface area contributed by atoms with Gasteiger partial charge in [0.15, 0.2) is 0 Å². The van der Waals surface area contributed by atoms with E-state index in [1.165, 1.54) is 6.07 Å². The number of aromatic nitrogens is 2. The van der Waals surface area contributed by atoms with Crippen LogP contribution in [0.3, 0.4) is 0 Å². The number of hydrogen-bond acceptors (Lipinski definition) is 0. The molecule has 2 heterocycles. The normalized spacial score (nSPS) is 11.1. The maximum Gasteiger partial charge on any atom is 0.123 e. The highest BCUT2D eigenvalue weighted by Crippen LogP contribution is 2.32.